The summed E-state index contributed by atoms with van der Waals surface area (Å²) in [5.41, 5.74) is -0.138. The first kappa shape index (κ1) is 12.7. The van der Waals surface area contributed by atoms with E-state index in [0.29, 0.717) is 0 Å². The lowest BCUT2D eigenvalue weighted by Crippen LogP contribution is -2.41. The fraction of sp³-hybridized carbons (Fsp3) is 0.917. The summed E-state index contributed by atoms with van der Waals surface area (Å²) in [5, 5.41) is 0. The molecule has 0 saturated carbocycles. The highest BCUT2D eigenvalue weighted by atomic mass is 16.5. The molecule has 0 aromatic rings. The Labute approximate surface area is 92.8 Å². The minimum atomic E-state index is -0.138. The van der Waals surface area contributed by atoms with E-state index in [1.807, 2.05) is 0 Å². The molecule has 0 aromatic carbocycles. The summed E-state index contributed by atoms with van der Waals surface area (Å²) in [6.45, 7) is 5.64. The van der Waals surface area contributed by atoms with Crippen LogP contribution in [0.15, 0.2) is 0 Å². The maximum Gasteiger partial charge on any atom is 0.127 e. The molecule has 1 rings (SSSR count). The predicted octanol–water partition coefficient (Wildman–Crippen LogP) is 1.71. The minimum Gasteiger partial charge on any atom is -0.381 e. The van der Waals surface area contributed by atoms with E-state index in [9.17, 15) is 4.79 Å². The molecule has 0 unspecified atom stereocenters. The number of unbranched alkanes of at least 4 members (excludes halogenated alkanes) is 1. The first-order valence-corrected chi connectivity index (χ1v) is 5.95. The van der Waals surface area contributed by atoms with Gasteiger partial charge in [0.05, 0.1) is 0 Å². The van der Waals surface area contributed by atoms with Gasteiger partial charge in [0, 0.05) is 25.2 Å². The van der Waals surface area contributed by atoms with E-state index in [1.54, 1.807) is 0 Å². The molecule has 0 N–H and O–H groups in total. The van der Waals surface area contributed by atoms with Gasteiger partial charge >= 0.3 is 0 Å². The molecule has 1 saturated heterocycles. The van der Waals surface area contributed by atoms with Gasteiger partial charge in [-0.25, -0.2) is 0 Å². The van der Waals surface area contributed by atoms with E-state index in [-0.39, 0.29) is 5.41 Å². The Morgan fingerprint density at radius 3 is 2.60 bits per heavy atom. The van der Waals surface area contributed by atoms with Crippen molar-refractivity contribution in [2.45, 2.75) is 32.6 Å². The molecule has 1 fully saturated rings. The van der Waals surface area contributed by atoms with Crippen LogP contribution in [0.4, 0.5) is 0 Å². The van der Waals surface area contributed by atoms with Crippen LogP contribution in [0.3, 0.4) is 0 Å². The molecule has 0 radical (unpaired) electrons. The summed E-state index contributed by atoms with van der Waals surface area (Å²) in [6, 6.07) is 0. The van der Waals surface area contributed by atoms with Crippen molar-refractivity contribution in [2.24, 2.45) is 5.41 Å². The van der Waals surface area contributed by atoms with Crippen LogP contribution in [-0.4, -0.2) is 44.5 Å². The summed E-state index contributed by atoms with van der Waals surface area (Å²) in [4.78, 5) is 13.5. The highest BCUT2D eigenvalue weighted by Gasteiger charge is 2.33. The monoisotopic (exact) mass is 213 g/mol. The van der Waals surface area contributed by atoms with E-state index < -0.39 is 0 Å². The minimum absolute atomic E-state index is 0.138. The van der Waals surface area contributed by atoms with Crippen molar-refractivity contribution in [3.05, 3.63) is 0 Å². The molecule has 0 aromatic heterocycles. The van der Waals surface area contributed by atoms with Gasteiger partial charge in [-0.3, -0.25) is 0 Å². The van der Waals surface area contributed by atoms with Crippen molar-refractivity contribution < 1.29 is 9.53 Å². The molecule has 0 atom stereocenters. The van der Waals surface area contributed by atoms with E-state index >= 15 is 0 Å². The second-order valence-electron chi connectivity index (χ2n) is 4.68. The Morgan fingerprint density at radius 2 is 2.07 bits per heavy atom. The van der Waals surface area contributed by atoms with E-state index in [4.69, 9.17) is 4.74 Å². The maximum atomic E-state index is 11.2. The number of nitrogens with zero attached hydrogens (tertiary/aromatic N) is 1. The van der Waals surface area contributed by atoms with Crippen LogP contribution in [0.1, 0.15) is 32.6 Å². The first-order chi connectivity index (χ1) is 7.22. The van der Waals surface area contributed by atoms with Crippen molar-refractivity contribution in [1.82, 2.24) is 4.90 Å². The Bertz CT molecular complexity index is 188. The van der Waals surface area contributed by atoms with Gasteiger partial charge in [-0.1, -0.05) is 13.3 Å². The van der Waals surface area contributed by atoms with Crippen LogP contribution in [-0.2, 0) is 9.53 Å². The zero-order valence-electron chi connectivity index (χ0n) is 10.00. The SMILES string of the molecule is CCCCN(C)CC1(C=O)CCOCC1. The van der Waals surface area contributed by atoms with Crippen molar-refractivity contribution >= 4 is 6.29 Å². The number of aldehydes is 1. The van der Waals surface area contributed by atoms with E-state index in [1.165, 1.54) is 12.8 Å². The fourth-order valence-corrected chi connectivity index (χ4v) is 2.14. The molecule has 0 spiro atoms. The number of ether oxygens (including phenoxy) is 1. The predicted molar refractivity (Wildman–Crippen MR) is 61.0 cm³/mol. The number of hydrogen-bond donors (Lipinski definition) is 0. The van der Waals surface area contributed by atoms with Crippen molar-refractivity contribution in [2.75, 3.05) is 33.4 Å². The molecule has 88 valence electrons. The lowest BCUT2D eigenvalue weighted by Gasteiger charge is -2.35. The van der Waals surface area contributed by atoms with E-state index in [2.05, 4.69) is 18.9 Å². The van der Waals surface area contributed by atoms with Gasteiger partial charge in [0.2, 0.25) is 0 Å². The maximum absolute atomic E-state index is 11.2. The molecule has 15 heavy (non-hydrogen) atoms. The molecular formula is C12H23NO2. The zero-order valence-corrected chi connectivity index (χ0v) is 10.00. The van der Waals surface area contributed by atoms with Crippen LogP contribution < -0.4 is 0 Å². The Morgan fingerprint density at radius 1 is 1.40 bits per heavy atom. The fourth-order valence-electron chi connectivity index (χ4n) is 2.14. The standard InChI is InChI=1S/C12H23NO2/c1-3-4-7-13(2)10-12(11-14)5-8-15-9-6-12/h11H,3-10H2,1-2H3. The molecule has 1 aliphatic heterocycles. The third-order valence-corrected chi connectivity index (χ3v) is 3.22. The smallest absolute Gasteiger partial charge is 0.127 e. The molecule has 0 bridgehead atoms. The van der Waals surface area contributed by atoms with Gasteiger partial charge in [-0.15, -0.1) is 0 Å². The quantitative estimate of drug-likeness (QED) is 0.629. The Hall–Kier alpha value is -0.410. The van der Waals surface area contributed by atoms with Crippen LogP contribution >= 0.6 is 0 Å². The molecule has 0 aliphatic carbocycles. The molecule has 3 nitrogen and oxygen atoms in total. The zero-order chi connectivity index (χ0) is 11.1. The highest BCUT2D eigenvalue weighted by molar-refractivity contribution is 5.60. The molecular weight excluding hydrogens is 190 g/mol. The second-order valence-corrected chi connectivity index (χ2v) is 4.68. The number of rotatable bonds is 6. The van der Waals surface area contributed by atoms with Crippen molar-refractivity contribution in [1.29, 1.82) is 0 Å². The molecule has 3 heteroatoms. The number of carbonyl (C=O) groups excluding carboxylic acids is 1. The lowest BCUT2D eigenvalue weighted by atomic mass is 9.81. The van der Waals surface area contributed by atoms with Gasteiger partial charge in [0.15, 0.2) is 0 Å². The topological polar surface area (TPSA) is 29.5 Å². The summed E-state index contributed by atoms with van der Waals surface area (Å²) >= 11 is 0. The average Bonchev–Trinajstić information content (AvgIpc) is 2.27. The van der Waals surface area contributed by atoms with Gasteiger partial charge in [0.1, 0.15) is 6.29 Å². The van der Waals surface area contributed by atoms with Crippen LogP contribution in [0.5, 0.6) is 0 Å². The van der Waals surface area contributed by atoms with Crippen LogP contribution in [0.2, 0.25) is 0 Å². The lowest BCUT2D eigenvalue weighted by molar-refractivity contribution is -0.122. The summed E-state index contributed by atoms with van der Waals surface area (Å²) < 4.78 is 5.31. The van der Waals surface area contributed by atoms with E-state index in [0.717, 1.165) is 45.4 Å². The van der Waals surface area contributed by atoms with Crippen molar-refractivity contribution in [3.63, 3.8) is 0 Å². The largest absolute Gasteiger partial charge is 0.381 e. The Balaban J connectivity index is 2.40. The normalized spacial score (nSPS) is 20.5. The number of carbonyl (C=O) groups is 1. The van der Waals surface area contributed by atoms with Gasteiger partial charge in [0.25, 0.3) is 0 Å². The van der Waals surface area contributed by atoms with Crippen molar-refractivity contribution in [3.8, 4) is 0 Å². The highest BCUT2D eigenvalue weighted by Crippen LogP contribution is 2.28. The molecule has 1 aliphatic rings. The third kappa shape index (κ3) is 3.92. The van der Waals surface area contributed by atoms with Gasteiger partial charge in [-0.05, 0) is 32.9 Å². The summed E-state index contributed by atoms with van der Waals surface area (Å²) in [6.07, 6.45) is 5.33. The third-order valence-electron chi connectivity index (χ3n) is 3.22. The van der Waals surface area contributed by atoms with Gasteiger partial charge < -0.3 is 14.4 Å². The van der Waals surface area contributed by atoms with Gasteiger partial charge in [-0.2, -0.15) is 0 Å². The van der Waals surface area contributed by atoms with Crippen LogP contribution in [0.25, 0.3) is 0 Å². The molecule has 1 heterocycles. The van der Waals surface area contributed by atoms with Crippen LogP contribution in [0, 0.1) is 5.41 Å². The first-order valence-electron chi connectivity index (χ1n) is 5.95. The number of hydrogen-bond acceptors (Lipinski definition) is 3. The average molecular weight is 213 g/mol. The summed E-state index contributed by atoms with van der Waals surface area (Å²) in [5.74, 6) is 0. The Kier molecular flexibility index (Phi) is 5.26. The molecule has 0 amide bonds. The second kappa shape index (κ2) is 6.23. The summed E-state index contributed by atoms with van der Waals surface area (Å²) in [7, 11) is 2.11.